The van der Waals surface area contributed by atoms with Gasteiger partial charge in [0.2, 0.25) is 0 Å². The van der Waals surface area contributed by atoms with E-state index in [0.29, 0.717) is 11.3 Å². The second-order valence-electron chi connectivity index (χ2n) is 5.60. The van der Waals surface area contributed by atoms with Crippen molar-refractivity contribution in [3.05, 3.63) is 54.1 Å². The fourth-order valence-electron chi connectivity index (χ4n) is 3.23. The predicted octanol–water partition coefficient (Wildman–Crippen LogP) is 3.52. The zero-order chi connectivity index (χ0) is 13.5. The van der Waals surface area contributed by atoms with Gasteiger partial charge in [-0.3, -0.25) is 0 Å². The van der Waals surface area contributed by atoms with Gasteiger partial charge in [-0.15, -0.1) is 0 Å². The lowest BCUT2D eigenvalue weighted by molar-refractivity contribution is 0.472. The van der Waals surface area contributed by atoms with Gasteiger partial charge in [0.1, 0.15) is 0 Å². The van der Waals surface area contributed by atoms with Crippen LogP contribution in [-0.4, -0.2) is 13.7 Å². The molecule has 0 spiro atoms. The highest BCUT2D eigenvalue weighted by Gasteiger charge is 2.42. The first kappa shape index (κ1) is 12.7. The highest BCUT2D eigenvalue weighted by molar-refractivity contribution is 7.92. The second kappa shape index (κ2) is 4.34. The molecule has 0 aliphatic heterocycles. The fraction of sp³-hybridized carbons (Fsp3) is 0.375. The lowest BCUT2D eigenvalue weighted by Gasteiger charge is -2.33. The van der Waals surface area contributed by atoms with Gasteiger partial charge in [-0.05, 0) is 37.0 Å². The van der Waals surface area contributed by atoms with Crippen molar-refractivity contribution in [3.8, 4) is 0 Å². The Morgan fingerprint density at radius 2 is 1.95 bits per heavy atom. The van der Waals surface area contributed by atoms with E-state index < -0.39 is 9.84 Å². The average molecular weight is 274 g/mol. The molecule has 1 aromatic rings. The molecule has 0 N–H and O–H groups in total. The predicted molar refractivity (Wildman–Crippen MR) is 76.6 cm³/mol. The van der Waals surface area contributed by atoms with Crippen LogP contribution in [0, 0.1) is 5.41 Å². The molecule has 0 saturated heterocycles. The number of allylic oxidation sites excluding steroid dienone is 3. The van der Waals surface area contributed by atoms with E-state index in [-0.39, 0.29) is 10.7 Å². The van der Waals surface area contributed by atoms with Crippen molar-refractivity contribution in [1.82, 2.24) is 0 Å². The first-order valence-electron chi connectivity index (χ1n) is 6.71. The van der Waals surface area contributed by atoms with Crippen LogP contribution in [0.1, 0.15) is 26.2 Å². The van der Waals surface area contributed by atoms with E-state index in [4.69, 9.17) is 0 Å². The maximum atomic E-state index is 12.8. The van der Waals surface area contributed by atoms with Gasteiger partial charge in [0.25, 0.3) is 0 Å². The van der Waals surface area contributed by atoms with Crippen LogP contribution in [0.25, 0.3) is 0 Å². The number of benzene rings is 1. The highest BCUT2D eigenvalue weighted by atomic mass is 32.2. The van der Waals surface area contributed by atoms with Gasteiger partial charge in [0.05, 0.1) is 10.1 Å². The van der Waals surface area contributed by atoms with E-state index >= 15 is 0 Å². The molecule has 0 fully saturated rings. The summed E-state index contributed by atoms with van der Waals surface area (Å²) in [7, 11) is -3.27. The van der Waals surface area contributed by atoms with Crippen LogP contribution in [0.15, 0.2) is 59.0 Å². The van der Waals surface area contributed by atoms with Gasteiger partial charge in [-0.25, -0.2) is 8.42 Å². The maximum Gasteiger partial charge on any atom is 0.185 e. The average Bonchev–Trinajstić information content (AvgIpc) is 2.80. The lowest BCUT2D eigenvalue weighted by atomic mass is 9.77. The molecule has 100 valence electrons. The number of hydrogen-bond donors (Lipinski definition) is 0. The third kappa shape index (κ3) is 1.96. The maximum absolute atomic E-state index is 12.8. The van der Waals surface area contributed by atoms with Crippen LogP contribution in [0.3, 0.4) is 0 Å². The van der Waals surface area contributed by atoms with E-state index in [9.17, 15) is 8.42 Å². The van der Waals surface area contributed by atoms with Crippen molar-refractivity contribution in [2.45, 2.75) is 36.3 Å². The van der Waals surface area contributed by atoms with E-state index in [0.717, 1.165) is 18.4 Å². The van der Waals surface area contributed by atoms with Gasteiger partial charge < -0.3 is 0 Å². The van der Waals surface area contributed by atoms with Crippen LogP contribution in [0.5, 0.6) is 0 Å². The number of fused-ring (bicyclic) bond motifs is 1. The Balaban J connectivity index is 2.06. The molecule has 3 heteroatoms. The van der Waals surface area contributed by atoms with Crippen molar-refractivity contribution < 1.29 is 8.42 Å². The van der Waals surface area contributed by atoms with Crippen LogP contribution < -0.4 is 0 Å². The molecule has 0 heterocycles. The van der Waals surface area contributed by atoms with Gasteiger partial charge in [0, 0.05) is 5.41 Å². The Morgan fingerprint density at radius 1 is 1.21 bits per heavy atom. The van der Waals surface area contributed by atoms with E-state index in [1.54, 1.807) is 24.3 Å². The molecule has 0 bridgehead atoms. The zero-order valence-electron chi connectivity index (χ0n) is 11.0. The van der Waals surface area contributed by atoms with Gasteiger partial charge in [-0.1, -0.05) is 43.4 Å². The molecule has 2 aliphatic carbocycles. The Morgan fingerprint density at radius 3 is 2.68 bits per heavy atom. The smallest absolute Gasteiger partial charge is 0.185 e. The minimum Gasteiger partial charge on any atom is -0.223 e. The zero-order valence-corrected chi connectivity index (χ0v) is 11.9. The number of sulfone groups is 1. The summed E-state index contributed by atoms with van der Waals surface area (Å²) in [4.78, 5) is 0.436. The summed E-state index contributed by atoms with van der Waals surface area (Å²) in [5.74, 6) is 0. The Labute approximate surface area is 114 Å². The molecular formula is C16H18O2S. The first-order valence-corrected chi connectivity index (χ1v) is 8.26. The molecule has 0 aromatic heterocycles. The molecular weight excluding hydrogens is 256 g/mol. The molecule has 19 heavy (non-hydrogen) atoms. The van der Waals surface area contributed by atoms with Crippen molar-refractivity contribution in [1.29, 1.82) is 0 Å². The summed E-state index contributed by atoms with van der Waals surface area (Å²) >= 11 is 0. The molecule has 0 amide bonds. The molecule has 3 rings (SSSR count). The molecule has 2 nitrogen and oxygen atoms in total. The monoisotopic (exact) mass is 274 g/mol. The van der Waals surface area contributed by atoms with E-state index in [1.807, 2.05) is 12.1 Å². The van der Waals surface area contributed by atoms with E-state index in [1.165, 1.54) is 0 Å². The van der Waals surface area contributed by atoms with Crippen molar-refractivity contribution >= 4 is 9.84 Å². The summed E-state index contributed by atoms with van der Waals surface area (Å²) in [5.41, 5.74) is 1.05. The van der Waals surface area contributed by atoms with Crippen LogP contribution in [0.4, 0.5) is 0 Å². The molecule has 0 unspecified atom stereocenters. The summed E-state index contributed by atoms with van der Waals surface area (Å²) in [6.07, 6.45) is 8.96. The lowest BCUT2D eigenvalue weighted by Crippen LogP contribution is -2.32. The third-order valence-corrected chi connectivity index (χ3v) is 6.44. The van der Waals surface area contributed by atoms with Gasteiger partial charge >= 0.3 is 0 Å². The summed E-state index contributed by atoms with van der Waals surface area (Å²) in [6.45, 7) is 2.15. The first-order chi connectivity index (χ1) is 9.04. The molecule has 1 aromatic carbocycles. The number of hydrogen-bond acceptors (Lipinski definition) is 2. The van der Waals surface area contributed by atoms with Crippen LogP contribution >= 0.6 is 0 Å². The molecule has 0 saturated carbocycles. The van der Waals surface area contributed by atoms with Crippen molar-refractivity contribution in [3.63, 3.8) is 0 Å². The number of rotatable bonds is 2. The minimum absolute atomic E-state index is 0.0508. The third-order valence-electron chi connectivity index (χ3n) is 4.32. The fourth-order valence-corrected chi connectivity index (χ4v) is 5.16. The Kier molecular flexibility index (Phi) is 2.90. The summed E-state index contributed by atoms with van der Waals surface area (Å²) in [5, 5.41) is -0.382. The Bertz CT molecular complexity index is 641. The molecule has 2 aliphatic rings. The van der Waals surface area contributed by atoms with E-state index in [2.05, 4.69) is 19.1 Å². The topological polar surface area (TPSA) is 34.1 Å². The Hall–Kier alpha value is -1.35. The SMILES string of the molecule is C[C@]12C=CC[C@H](S(=O)(=O)c3ccccc3)C1=CCC2. The van der Waals surface area contributed by atoms with Crippen molar-refractivity contribution in [2.24, 2.45) is 5.41 Å². The van der Waals surface area contributed by atoms with Crippen LogP contribution in [0.2, 0.25) is 0 Å². The van der Waals surface area contributed by atoms with Crippen LogP contribution in [-0.2, 0) is 9.84 Å². The normalized spacial score (nSPS) is 29.9. The second-order valence-corrected chi connectivity index (χ2v) is 7.73. The molecule has 0 radical (unpaired) electrons. The largest absolute Gasteiger partial charge is 0.223 e. The minimum atomic E-state index is -3.27. The van der Waals surface area contributed by atoms with Gasteiger partial charge in [0.15, 0.2) is 9.84 Å². The standard InChI is InChI=1S/C16H18O2S/c1-16-11-5-9-14(16)15(10-6-12-16)19(17,18)13-7-3-2-4-8-13/h2-4,6-9,12,15H,5,10-11H2,1H3/t15-,16-/m0/s1. The van der Waals surface area contributed by atoms with Gasteiger partial charge in [-0.2, -0.15) is 0 Å². The highest BCUT2D eigenvalue weighted by Crippen LogP contribution is 2.47. The van der Waals surface area contributed by atoms with Crippen molar-refractivity contribution in [2.75, 3.05) is 0 Å². The summed E-state index contributed by atoms with van der Waals surface area (Å²) < 4.78 is 25.6. The summed E-state index contributed by atoms with van der Waals surface area (Å²) in [6, 6.07) is 8.81. The quantitative estimate of drug-likeness (QED) is 0.773. The molecule has 2 atom stereocenters.